The molecule has 7 nitrogen and oxygen atoms in total. The van der Waals surface area contributed by atoms with Gasteiger partial charge in [-0.05, 0) is 38.0 Å². The molecule has 0 atom stereocenters. The summed E-state index contributed by atoms with van der Waals surface area (Å²) in [6.07, 6.45) is 8.24. The predicted octanol–water partition coefficient (Wildman–Crippen LogP) is 0.989. The van der Waals surface area contributed by atoms with E-state index in [0.29, 0.717) is 44.9 Å². The highest BCUT2D eigenvalue weighted by atomic mass is 16.3. The highest BCUT2D eigenvalue weighted by Crippen LogP contribution is 2.35. The summed E-state index contributed by atoms with van der Waals surface area (Å²) in [7, 11) is 0. The Kier molecular flexibility index (Phi) is 4.73. The van der Waals surface area contributed by atoms with Crippen LogP contribution in [0.25, 0.3) is 0 Å². The quantitative estimate of drug-likeness (QED) is 0.792. The van der Waals surface area contributed by atoms with Gasteiger partial charge in [-0.1, -0.05) is 0 Å². The van der Waals surface area contributed by atoms with Gasteiger partial charge in [0.15, 0.2) is 0 Å². The first kappa shape index (κ1) is 17.5. The second kappa shape index (κ2) is 7.02. The predicted molar refractivity (Wildman–Crippen MR) is 95.1 cm³/mol. The first-order valence-corrected chi connectivity index (χ1v) is 9.83. The van der Waals surface area contributed by atoms with E-state index >= 15 is 0 Å². The van der Waals surface area contributed by atoms with Gasteiger partial charge in [0, 0.05) is 32.5 Å². The van der Waals surface area contributed by atoms with Gasteiger partial charge < -0.3 is 19.9 Å². The Morgan fingerprint density at radius 1 is 1.27 bits per heavy atom. The van der Waals surface area contributed by atoms with Crippen LogP contribution in [0, 0.1) is 5.92 Å². The van der Waals surface area contributed by atoms with Crippen LogP contribution in [-0.4, -0.2) is 50.1 Å². The maximum absolute atomic E-state index is 12.5. The molecule has 2 saturated carbocycles. The molecule has 0 bridgehead atoms. The lowest BCUT2D eigenvalue weighted by Crippen LogP contribution is -2.44. The van der Waals surface area contributed by atoms with Gasteiger partial charge in [0.2, 0.25) is 11.8 Å². The Balaban J connectivity index is 1.32. The molecule has 1 aliphatic heterocycles. The number of fused-ring (bicyclic) bond motifs is 1. The fourth-order valence-corrected chi connectivity index (χ4v) is 3.88. The van der Waals surface area contributed by atoms with Crippen LogP contribution in [0.15, 0.2) is 6.20 Å². The third-order valence-corrected chi connectivity index (χ3v) is 5.97. The molecule has 3 aliphatic rings. The lowest BCUT2D eigenvalue weighted by atomic mass is 9.77. The van der Waals surface area contributed by atoms with E-state index in [1.807, 2.05) is 11.1 Å². The van der Waals surface area contributed by atoms with Crippen molar-refractivity contribution in [2.45, 2.75) is 70.1 Å². The summed E-state index contributed by atoms with van der Waals surface area (Å²) in [6.45, 7) is 2.44. The number of nitrogens with one attached hydrogen (secondary N) is 1. The van der Waals surface area contributed by atoms with Crippen molar-refractivity contribution in [2.75, 3.05) is 13.1 Å². The smallest absolute Gasteiger partial charge is 0.225 e. The molecule has 142 valence electrons. The summed E-state index contributed by atoms with van der Waals surface area (Å²) in [5.41, 5.74) is 0.226. The van der Waals surface area contributed by atoms with E-state index in [1.165, 1.54) is 12.8 Å². The van der Waals surface area contributed by atoms with Gasteiger partial charge in [-0.25, -0.2) is 4.98 Å². The van der Waals surface area contributed by atoms with Crippen LogP contribution in [0.4, 0.5) is 0 Å². The molecule has 0 saturated heterocycles. The van der Waals surface area contributed by atoms with E-state index in [2.05, 4.69) is 14.9 Å². The highest BCUT2D eigenvalue weighted by molar-refractivity contribution is 5.77. The molecule has 2 amide bonds. The van der Waals surface area contributed by atoms with Crippen molar-refractivity contribution in [3.05, 3.63) is 17.7 Å². The Morgan fingerprint density at radius 2 is 2.08 bits per heavy atom. The average molecular weight is 360 g/mol. The van der Waals surface area contributed by atoms with Crippen molar-refractivity contribution >= 4 is 11.8 Å². The van der Waals surface area contributed by atoms with Crippen LogP contribution < -0.4 is 5.32 Å². The van der Waals surface area contributed by atoms with Crippen molar-refractivity contribution in [3.8, 4) is 0 Å². The Morgan fingerprint density at radius 3 is 2.77 bits per heavy atom. The standard InChI is InChI=1S/C19H28N4O3/c24-17(10-14-2-3-14)21-13-15-12-20-16-4-7-22(8-9-23(15)16)18(25)11-19(26)5-1-6-19/h12,14,26H,1-11,13H2,(H,21,24). The zero-order chi connectivity index (χ0) is 18.1. The van der Waals surface area contributed by atoms with Gasteiger partial charge in [0.25, 0.3) is 0 Å². The molecule has 4 rings (SSSR count). The van der Waals surface area contributed by atoms with E-state index < -0.39 is 5.60 Å². The van der Waals surface area contributed by atoms with E-state index in [0.717, 1.165) is 30.8 Å². The number of hydrogen-bond donors (Lipinski definition) is 2. The first-order chi connectivity index (χ1) is 12.5. The average Bonchev–Trinajstić information content (AvgIpc) is 3.35. The van der Waals surface area contributed by atoms with Crippen molar-refractivity contribution in [3.63, 3.8) is 0 Å². The van der Waals surface area contributed by atoms with Crippen LogP contribution >= 0.6 is 0 Å². The molecule has 0 radical (unpaired) electrons. The zero-order valence-electron chi connectivity index (χ0n) is 15.2. The molecular formula is C19H28N4O3. The SMILES string of the molecule is O=C(CC1CC1)NCc1cnc2n1CCN(C(=O)CC1(O)CCC1)CC2. The van der Waals surface area contributed by atoms with E-state index in [1.54, 1.807) is 0 Å². The molecule has 0 unspecified atom stereocenters. The summed E-state index contributed by atoms with van der Waals surface area (Å²) >= 11 is 0. The zero-order valence-corrected chi connectivity index (χ0v) is 15.2. The molecule has 1 aromatic heterocycles. The highest BCUT2D eigenvalue weighted by Gasteiger charge is 2.38. The van der Waals surface area contributed by atoms with Crippen molar-refractivity contribution in [1.82, 2.24) is 19.8 Å². The number of hydrogen-bond acceptors (Lipinski definition) is 4. The molecule has 0 spiro atoms. The van der Waals surface area contributed by atoms with Crippen LogP contribution in [-0.2, 0) is 29.1 Å². The van der Waals surface area contributed by atoms with Crippen LogP contribution in [0.5, 0.6) is 0 Å². The molecule has 7 heteroatoms. The van der Waals surface area contributed by atoms with Gasteiger partial charge in [-0.15, -0.1) is 0 Å². The summed E-state index contributed by atoms with van der Waals surface area (Å²) < 4.78 is 2.13. The minimum Gasteiger partial charge on any atom is -0.389 e. The van der Waals surface area contributed by atoms with Gasteiger partial charge in [0.1, 0.15) is 5.82 Å². The summed E-state index contributed by atoms with van der Waals surface area (Å²) in [5.74, 6) is 1.70. The van der Waals surface area contributed by atoms with Crippen molar-refractivity contribution < 1.29 is 14.7 Å². The number of aliphatic hydroxyl groups is 1. The summed E-state index contributed by atoms with van der Waals surface area (Å²) in [5, 5.41) is 13.2. The number of imidazole rings is 1. The van der Waals surface area contributed by atoms with Crippen molar-refractivity contribution in [1.29, 1.82) is 0 Å². The minimum atomic E-state index is -0.770. The molecule has 0 aromatic carbocycles. The third kappa shape index (κ3) is 3.92. The van der Waals surface area contributed by atoms with Crippen molar-refractivity contribution in [2.24, 2.45) is 5.92 Å². The van der Waals surface area contributed by atoms with Crippen LogP contribution in [0.1, 0.15) is 56.5 Å². The monoisotopic (exact) mass is 360 g/mol. The molecule has 2 heterocycles. The molecule has 2 aliphatic carbocycles. The lowest BCUT2D eigenvalue weighted by Gasteiger charge is -2.37. The van der Waals surface area contributed by atoms with Gasteiger partial charge >= 0.3 is 0 Å². The number of carbonyl (C=O) groups is 2. The summed E-state index contributed by atoms with van der Waals surface area (Å²) in [4.78, 5) is 30.8. The first-order valence-electron chi connectivity index (χ1n) is 9.83. The Hall–Kier alpha value is -1.89. The molecule has 2 N–H and O–H groups in total. The maximum Gasteiger partial charge on any atom is 0.225 e. The second-order valence-electron chi connectivity index (χ2n) is 8.13. The fourth-order valence-electron chi connectivity index (χ4n) is 3.88. The maximum atomic E-state index is 12.5. The fraction of sp³-hybridized carbons (Fsp3) is 0.737. The largest absolute Gasteiger partial charge is 0.389 e. The normalized spacial score (nSPS) is 21.5. The molecule has 2 fully saturated rings. The number of carbonyl (C=O) groups excluding carboxylic acids is 2. The third-order valence-electron chi connectivity index (χ3n) is 5.97. The van der Waals surface area contributed by atoms with E-state index in [9.17, 15) is 14.7 Å². The molecule has 1 aromatic rings. The van der Waals surface area contributed by atoms with Gasteiger partial charge in [-0.2, -0.15) is 0 Å². The summed E-state index contributed by atoms with van der Waals surface area (Å²) in [6, 6.07) is 0. The molecule has 26 heavy (non-hydrogen) atoms. The Labute approximate surface area is 153 Å². The lowest BCUT2D eigenvalue weighted by molar-refractivity contribution is -0.140. The van der Waals surface area contributed by atoms with E-state index in [-0.39, 0.29) is 18.2 Å². The number of amides is 2. The van der Waals surface area contributed by atoms with Gasteiger partial charge in [-0.3, -0.25) is 9.59 Å². The minimum absolute atomic E-state index is 0.0391. The number of rotatable bonds is 6. The Bertz CT molecular complexity index is 691. The topological polar surface area (TPSA) is 87.5 Å². The van der Waals surface area contributed by atoms with Crippen LogP contribution in [0.2, 0.25) is 0 Å². The number of nitrogens with zero attached hydrogens (tertiary/aromatic N) is 3. The molecular weight excluding hydrogens is 332 g/mol. The van der Waals surface area contributed by atoms with Gasteiger partial charge in [0.05, 0.1) is 30.5 Å². The van der Waals surface area contributed by atoms with E-state index in [4.69, 9.17) is 0 Å². The number of aromatic nitrogens is 2. The second-order valence-corrected chi connectivity index (χ2v) is 8.13. The van der Waals surface area contributed by atoms with Crippen LogP contribution in [0.3, 0.4) is 0 Å².